The smallest absolute Gasteiger partial charge is 0.262 e. The fourth-order valence-corrected chi connectivity index (χ4v) is 3.39. The van der Waals surface area contributed by atoms with E-state index in [0.29, 0.717) is 15.6 Å². The summed E-state index contributed by atoms with van der Waals surface area (Å²) in [5, 5.41) is 0.931. The molecular weight excluding hydrogens is 355 g/mol. The molecule has 0 saturated carbocycles. The minimum atomic E-state index is -3.85. The molecule has 0 aliphatic heterocycles. The third kappa shape index (κ3) is 3.55. The van der Waals surface area contributed by atoms with Crippen molar-refractivity contribution in [1.82, 2.24) is 0 Å². The van der Waals surface area contributed by atoms with Crippen molar-refractivity contribution in [1.29, 1.82) is 0 Å². The molecule has 0 atom stereocenters. The number of sulfonamides is 1. The number of nitrogens with two attached hydrogens (primary N) is 1. The number of hydrogen-bond donors (Lipinski definition) is 2. The highest BCUT2D eigenvalue weighted by molar-refractivity contribution is 7.92. The first kappa shape index (κ1) is 16.2. The van der Waals surface area contributed by atoms with Gasteiger partial charge in [0, 0.05) is 5.02 Å². The zero-order valence-electron chi connectivity index (χ0n) is 10.8. The number of aryl methyl sites for hydroxylation is 1. The fraction of sp³-hybridized carbons (Fsp3) is 0.0769. The van der Waals surface area contributed by atoms with Crippen LogP contribution in [0.3, 0.4) is 0 Å². The van der Waals surface area contributed by atoms with Gasteiger partial charge in [-0.1, -0.05) is 34.8 Å². The van der Waals surface area contributed by atoms with E-state index in [0.717, 1.165) is 0 Å². The molecule has 8 heteroatoms. The molecule has 0 aliphatic carbocycles. The lowest BCUT2D eigenvalue weighted by Crippen LogP contribution is -2.14. The second kappa shape index (κ2) is 5.93. The molecule has 0 spiro atoms. The number of hydrogen-bond acceptors (Lipinski definition) is 3. The van der Waals surface area contributed by atoms with Crippen LogP contribution in [0.2, 0.25) is 15.1 Å². The average molecular weight is 366 g/mol. The van der Waals surface area contributed by atoms with Crippen molar-refractivity contribution >= 4 is 56.2 Å². The Bertz CT molecular complexity index is 784. The number of halogens is 3. The topological polar surface area (TPSA) is 72.2 Å². The van der Waals surface area contributed by atoms with E-state index in [-0.39, 0.29) is 21.3 Å². The Morgan fingerprint density at radius 1 is 1.10 bits per heavy atom. The van der Waals surface area contributed by atoms with Crippen LogP contribution in [0.25, 0.3) is 0 Å². The molecule has 0 unspecified atom stereocenters. The Kier molecular flexibility index (Phi) is 4.58. The highest BCUT2D eigenvalue weighted by Gasteiger charge is 2.18. The van der Waals surface area contributed by atoms with Gasteiger partial charge in [0.05, 0.1) is 26.3 Å². The molecule has 4 nitrogen and oxygen atoms in total. The maximum Gasteiger partial charge on any atom is 0.262 e. The highest BCUT2D eigenvalue weighted by Crippen LogP contribution is 2.30. The van der Waals surface area contributed by atoms with Gasteiger partial charge in [-0.05, 0) is 42.8 Å². The quantitative estimate of drug-likeness (QED) is 0.795. The maximum absolute atomic E-state index is 12.4. The van der Waals surface area contributed by atoms with Crippen LogP contribution in [0.1, 0.15) is 5.56 Å². The minimum Gasteiger partial charge on any atom is -0.397 e. The van der Waals surface area contributed by atoms with Crippen molar-refractivity contribution in [2.24, 2.45) is 0 Å². The molecule has 0 aromatic heterocycles. The number of anilines is 2. The number of benzene rings is 2. The molecular formula is C13H11Cl3N2O2S. The molecule has 21 heavy (non-hydrogen) atoms. The Hall–Kier alpha value is -1.14. The normalized spacial score (nSPS) is 11.4. The lowest BCUT2D eigenvalue weighted by molar-refractivity contribution is 0.601. The summed E-state index contributed by atoms with van der Waals surface area (Å²) in [6, 6.07) is 7.21. The molecule has 0 radical (unpaired) electrons. The van der Waals surface area contributed by atoms with Gasteiger partial charge in [0.25, 0.3) is 10.0 Å². The van der Waals surface area contributed by atoms with Crippen molar-refractivity contribution in [2.75, 3.05) is 10.5 Å². The highest BCUT2D eigenvalue weighted by atomic mass is 35.5. The van der Waals surface area contributed by atoms with Gasteiger partial charge in [-0.2, -0.15) is 0 Å². The number of rotatable bonds is 3. The molecule has 2 rings (SSSR count). The van der Waals surface area contributed by atoms with E-state index in [9.17, 15) is 8.42 Å². The van der Waals surface area contributed by atoms with Crippen molar-refractivity contribution in [3.05, 3.63) is 51.0 Å². The van der Waals surface area contributed by atoms with Crippen LogP contribution in [-0.4, -0.2) is 8.42 Å². The van der Waals surface area contributed by atoms with Gasteiger partial charge in [-0.25, -0.2) is 8.42 Å². The van der Waals surface area contributed by atoms with Gasteiger partial charge in [0.1, 0.15) is 0 Å². The summed E-state index contributed by atoms with van der Waals surface area (Å²) in [7, 11) is -3.85. The number of nitrogens with one attached hydrogen (secondary N) is 1. The van der Waals surface area contributed by atoms with Crippen LogP contribution in [0.15, 0.2) is 35.2 Å². The summed E-state index contributed by atoms with van der Waals surface area (Å²) >= 11 is 17.7. The van der Waals surface area contributed by atoms with Crippen LogP contribution in [0.5, 0.6) is 0 Å². The van der Waals surface area contributed by atoms with Gasteiger partial charge in [-0.15, -0.1) is 0 Å². The zero-order chi connectivity index (χ0) is 15.8. The standard InChI is InChI=1S/C13H11Cl3N2O2S/c1-7-4-9(6-11(17)13(7)16)21(19,20)18-12-5-8(14)2-3-10(12)15/h2-6,18H,17H2,1H3. The first-order valence-electron chi connectivity index (χ1n) is 5.74. The summed E-state index contributed by atoms with van der Waals surface area (Å²) in [6.07, 6.45) is 0. The van der Waals surface area contributed by atoms with E-state index >= 15 is 0 Å². The van der Waals surface area contributed by atoms with E-state index in [1.54, 1.807) is 13.0 Å². The molecule has 0 fully saturated rings. The van der Waals surface area contributed by atoms with E-state index in [4.69, 9.17) is 40.5 Å². The second-order valence-corrected chi connectivity index (χ2v) is 7.28. The lowest BCUT2D eigenvalue weighted by atomic mass is 10.2. The van der Waals surface area contributed by atoms with Gasteiger partial charge in [-0.3, -0.25) is 4.72 Å². The molecule has 2 aromatic rings. The minimum absolute atomic E-state index is 0.00191. The Balaban J connectivity index is 2.46. The van der Waals surface area contributed by atoms with Gasteiger partial charge < -0.3 is 5.73 Å². The summed E-state index contributed by atoms with van der Waals surface area (Å²) in [4.78, 5) is -0.00191. The summed E-state index contributed by atoms with van der Waals surface area (Å²) in [6.45, 7) is 1.67. The predicted octanol–water partition coefficient (Wildman–Crippen LogP) is 4.34. The molecule has 0 aliphatic rings. The van der Waals surface area contributed by atoms with Crippen LogP contribution < -0.4 is 10.5 Å². The third-order valence-corrected chi connectivity index (χ3v) is 5.17. The average Bonchev–Trinajstić information content (AvgIpc) is 2.39. The summed E-state index contributed by atoms with van der Waals surface area (Å²) in [5.41, 5.74) is 6.64. The van der Waals surface area contributed by atoms with Crippen LogP contribution >= 0.6 is 34.8 Å². The van der Waals surface area contributed by atoms with Crippen molar-refractivity contribution in [3.8, 4) is 0 Å². The second-order valence-electron chi connectivity index (χ2n) is 4.37. The molecule has 0 bridgehead atoms. The first-order valence-corrected chi connectivity index (χ1v) is 8.36. The molecule has 0 saturated heterocycles. The third-order valence-electron chi connectivity index (χ3n) is 2.74. The van der Waals surface area contributed by atoms with E-state index in [1.165, 1.54) is 24.3 Å². The Labute approximate surface area is 137 Å². The van der Waals surface area contributed by atoms with Gasteiger partial charge in [0.15, 0.2) is 0 Å². The largest absolute Gasteiger partial charge is 0.397 e. The van der Waals surface area contributed by atoms with Crippen LogP contribution in [-0.2, 0) is 10.0 Å². The van der Waals surface area contributed by atoms with Crippen LogP contribution in [0, 0.1) is 6.92 Å². The zero-order valence-corrected chi connectivity index (χ0v) is 13.9. The van der Waals surface area contributed by atoms with Crippen molar-refractivity contribution in [3.63, 3.8) is 0 Å². The van der Waals surface area contributed by atoms with Crippen LogP contribution in [0.4, 0.5) is 11.4 Å². The SMILES string of the molecule is Cc1cc(S(=O)(=O)Nc2cc(Cl)ccc2Cl)cc(N)c1Cl. The van der Waals surface area contributed by atoms with E-state index in [1.807, 2.05) is 0 Å². The van der Waals surface area contributed by atoms with Crippen molar-refractivity contribution in [2.45, 2.75) is 11.8 Å². The Morgan fingerprint density at radius 3 is 2.38 bits per heavy atom. The van der Waals surface area contributed by atoms with Gasteiger partial charge >= 0.3 is 0 Å². The molecule has 3 N–H and O–H groups in total. The summed E-state index contributed by atoms with van der Waals surface area (Å²) in [5.74, 6) is 0. The van der Waals surface area contributed by atoms with Gasteiger partial charge in [0.2, 0.25) is 0 Å². The molecule has 112 valence electrons. The fourth-order valence-electron chi connectivity index (χ4n) is 1.70. The molecule has 0 heterocycles. The molecule has 0 amide bonds. The summed E-state index contributed by atoms with van der Waals surface area (Å²) < 4.78 is 27.1. The first-order chi connectivity index (χ1) is 9.70. The Morgan fingerprint density at radius 2 is 1.76 bits per heavy atom. The lowest BCUT2D eigenvalue weighted by Gasteiger charge is -2.12. The van der Waals surface area contributed by atoms with E-state index < -0.39 is 10.0 Å². The maximum atomic E-state index is 12.4. The monoisotopic (exact) mass is 364 g/mol. The van der Waals surface area contributed by atoms with E-state index in [2.05, 4.69) is 4.72 Å². The number of nitrogen functional groups attached to an aromatic ring is 1. The molecule has 2 aromatic carbocycles. The predicted molar refractivity (Wildman–Crippen MR) is 87.9 cm³/mol. The van der Waals surface area contributed by atoms with Crippen molar-refractivity contribution < 1.29 is 8.42 Å².